The van der Waals surface area contributed by atoms with Gasteiger partial charge in [-0.05, 0) is 48.4 Å². The fourth-order valence-electron chi connectivity index (χ4n) is 4.51. The van der Waals surface area contributed by atoms with Gasteiger partial charge in [0.1, 0.15) is 17.3 Å². The Balaban J connectivity index is 1.43. The molecule has 0 spiro atoms. The molecule has 8 heteroatoms. The highest BCUT2D eigenvalue weighted by atomic mass is 19.1. The topological polar surface area (TPSA) is 97.7 Å². The van der Waals surface area contributed by atoms with E-state index in [0.29, 0.717) is 11.7 Å². The molecule has 1 N–H and O–H groups in total. The summed E-state index contributed by atoms with van der Waals surface area (Å²) in [5.41, 5.74) is 2.47. The third-order valence-corrected chi connectivity index (χ3v) is 6.03. The first-order valence-corrected chi connectivity index (χ1v) is 9.27. The van der Waals surface area contributed by atoms with Gasteiger partial charge in [-0.3, -0.25) is 14.9 Å². The molecular formula is C20H20FN3O4. The minimum absolute atomic E-state index is 0.0150. The van der Waals surface area contributed by atoms with Gasteiger partial charge in [-0.15, -0.1) is 0 Å². The van der Waals surface area contributed by atoms with Crippen LogP contribution in [0.4, 0.5) is 10.1 Å². The molecule has 1 amide bonds. The number of halogens is 1. The molecule has 1 heterocycles. The molecule has 7 nitrogen and oxygen atoms in total. The number of amides is 1. The molecule has 2 fully saturated rings. The summed E-state index contributed by atoms with van der Waals surface area (Å²) in [4.78, 5) is 22.8. The zero-order chi connectivity index (χ0) is 19.9. The molecule has 2 saturated carbocycles. The van der Waals surface area contributed by atoms with E-state index >= 15 is 0 Å². The van der Waals surface area contributed by atoms with Crippen molar-refractivity contribution in [3.8, 4) is 11.3 Å². The minimum atomic E-state index is -0.694. The molecule has 146 valence electrons. The van der Waals surface area contributed by atoms with Crippen molar-refractivity contribution in [1.82, 2.24) is 5.43 Å². The van der Waals surface area contributed by atoms with Crippen LogP contribution in [0.25, 0.3) is 11.3 Å². The van der Waals surface area contributed by atoms with E-state index in [9.17, 15) is 19.3 Å². The van der Waals surface area contributed by atoms with Crippen LogP contribution in [0.1, 0.15) is 38.4 Å². The summed E-state index contributed by atoms with van der Waals surface area (Å²) < 4.78 is 18.8. The molecule has 1 aromatic carbocycles. The van der Waals surface area contributed by atoms with Crippen LogP contribution in [0.2, 0.25) is 0 Å². The Labute approximate surface area is 160 Å². The summed E-state index contributed by atoms with van der Waals surface area (Å²) in [6.45, 7) is 2.17. The van der Waals surface area contributed by atoms with Crippen LogP contribution >= 0.6 is 0 Å². The van der Waals surface area contributed by atoms with Gasteiger partial charge in [-0.2, -0.15) is 5.10 Å². The van der Waals surface area contributed by atoms with E-state index in [1.807, 2.05) is 0 Å². The first-order chi connectivity index (χ1) is 13.4. The average molecular weight is 385 g/mol. The Morgan fingerprint density at radius 2 is 2.21 bits per heavy atom. The summed E-state index contributed by atoms with van der Waals surface area (Å²) in [5.74, 6) is 0.243. The molecule has 3 atom stereocenters. The number of rotatable bonds is 5. The van der Waals surface area contributed by atoms with E-state index in [0.717, 1.165) is 25.0 Å². The maximum Gasteiger partial charge on any atom is 0.283 e. The predicted octanol–water partition coefficient (Wildman–Crippen LogP) is 4.27. The Hall–Kier alpha value is -3.03. The highest BCUT2D eigenvalue weighted by Crippen LogP contribution is 2.66. The van der Waals surface area contributed by atoms with Gasteiger partial charge < -0.3 is 4.42 Å². The SMILES string of the molecule is C[C@@]12CCCC[C@@H]1[C@@H]2C(=O)N/N=C\c1ccc(-c2ccc(F)cc2[N+](=O)[O-])o1. The van der Waals surface area contributed by atoms with Crippen LogP contribution in [0.15, 0.2) is 39.9 Å². The van der Waals surface area contributed by atoms with Crippen LogP contribution in [0.3, 0.4) is 0 Å². The molecule has 4 rings (SSSR count). The number of carbonyl (C=O) groups excluding carboxylic acids is 1. The molecule has 0 radical (unpaired) electrons. The standard InChI is InChI=1S/C20H20FN3O4/c1-20-9-3-2-4-15(20)18(20)19(25)23-22-11-13-6-8-17(28-13)14-7-5-12(21)10-16(14)24(26)27/h5-8,10-11,15,18H,2-4,9H2,1H3,(H,23,25)/b22-11-/t15-,18-,20-/m1/s1. The highest BCUT2D eigenvalue weighted by Gasteiger charge is 2.64. The lowest BCUT2D eigenvalue weighted by atomic mass is 9.90. The van der Waals surface area contributed by atoms with Crippen molar-refractivity contribution in [1.29, 1.82) is 0 Å². The van der Waals surface area contributed by atoms with Crippen LogP contribution in [0.5, 0.6) is 0 Å². The fraction of sp³-hybridized carbons (Fsp3) is 0.400. The number of fused-ring (bicyclic) bond motifs is 1. The first-order valence-electron chi connectivity index (χ1n) is 9.27. The number of benzene rings is 1. The number of hydrogen-bond donors (Lipinski definition) is 1. The number of nitrogens with zero attached hydrogens (tertiary/aromatic N) is 2. The van der Waals surface area contributed by atoms with Gasteiger partial charge in [-0.25, -0.2) is 9.82 Å². The molecule has 0 saturated heterocycles. The summed E-state index contributed by atoms with van der Waals surface area (Å²) in [6, 6.07) is 6.40. The van der Waals surface area contributed by atoms with Crippen LogP contribution in [-0.4, -0.2) is 17.0 Å². The summed E-state index contributed by atoms with van der Waals surface area (Å²) >= 11 is 0. The fourth-order valence-corrected chi connectivity index (χ4v) is 4.51. The molecule has 1 aromatic heterocycles. The Kier molecular flexibility index (Phi) is 4.49. The maximum absolute atomic E-state index is 13.3. The smallest absolute Gasteiger partial charge is 0.283 e. The Bertz CT molecular complexity index is 970. The third kappa shape index (κ3) is 3.19. The third-order valence-electron chi connectivity index (χ3n) is 6.03. The molecule has 2 aromatic rings. The predicted molar refractivity (Wildman–Crippen MR) is 100 cm³/mol. The molecule has 28 heavy (non-hydrogen) atoms. The van der Waals surface area contributed by atoms with Crippen molar-refractivity contribution in [2.24, 2.45) is 22.4 Å². The number of hydrazone groups is 1. The van der Waals surface area contributed by atoms with Gasteiger partial charge in [0.25, 0.3) is 5.69 Å². The number of carbonyl (C=O) groups is 1. The van der Waals surface area contributed by atoms with Crippen molar-refractivity contribution < 1.29 is 18.5 Å². The van der Waals surface area contributed by atoms with E-state index in [1.165, 1.54) is 25.1 Å². The lowest BCUT2D eigenvalue weighted by Gasteiger charge is -2.15. The van der Waals surface area contributed by atoms with Crippen LogP contribution in [0, 0.1) is 33.2 Å². The van der Waals surface area contributed by atoms with E-state index in [2.05, 4.69) is 17.5 Å². The zero-order valence-corrected chi connectivity index (χ0v) is 15.4. The summed E-state index contributed by atoms with van der Waals surface area (Å²) in [6.07, 6.45) is 5.88. The van der Waals surface area contributed by atoms with Gasteiger partial charge in [-0.1, -0.05) is 19.8 Å². The number of furan rings is 1. The summed E-state index contributed by atoms with van der Waals surface area (Å²) in [7, 11) is 0. The monoisotopic (exact) mass is 385 g/mol. The van der Waals surface area contributed by atoms with Gasteiger partial charge in [0.15, 0.2) is 0 Å². The minimum Gasteiger partial charge on any atom is -0.455 e. The van der Waals surface area contributed by atoms with E-state index in [1.54, 1.807) is 12.1 Å². The number of nitro groups is 1. The molecular weight excluding hydrogens is 365 g/mol. The maximum atomic E-state index is 13.3. The molecule has 2 aliphatic carbocycles. The Morgan fingerprint density at radius 1 is 1.39 bits per heavy atom. The number of nitro benzene ring substituents is 1. The lowest BCUT2D eigenvalue weighted by Crippen LogP contribution is -2.22. The molecule has 0 unspecified atom stereocenters. The quantitative estimate of drug-likeness (QED) is 0.472. The van der Waals surface area contributed by atoms with E-state index in [4.69, 9.17) is 4.42 Å². The van der Waals surface area contributed by atoms with E-state index in [-0.39, 0.29) is 34.3 Å². The molecule has 2 aliphatic rings. The second kappa shape index (κ2) is 6.85. The Morgan fingerprint density at radius 3 is 2.93 bits per heavy atom. The van der Waals surface area contributed by atoms with Crippen molar-refractivity contribution in [3.05, 3.63) is 52.0 Å². The lowest BCUT2D eigenvalue weighted by molar-refractivity contribution is -0.384. The first kappa shape index (κ1) is 18.3. The van der Waals surface area contributed by atoms with Crippen molar-refractivity contribution in [2.75, 3.05) is 0 Å². The van der Waals surface area contributed by atoms with E-state index < -0.39 is 10.7 Å². The van der Waals surface area contributed by atoms with Gasteiger partial charge in [0.05, 0.1) is 22.8 Å². The highest BCUT2D eigenvalue weighted by molar-refractivity contribution is 5.85. The van der Waals surface area contributed by atoms with Gasteiger partial charge >= 0.3 is 0 Å². The van der Waals surface area contributed by atoms with Crippen LogP contribution in [-0.2, 0) is 4.79 Å². The summed E-state index contributed by atoms with van der Waals surface area (Å²) in [5, 5.41) is 15.1. The zero-order valence-electron chi connectivity index (χ0n) is 15.4. The normalized spacial score (nSPS) is 26.1. The number of hydrogen-bond acceptors (Lipinski definition) is 5. The van der Waals surface area contributed by atoms with Crippen molar-refractivity contribution >= 4 is 17.8 Å². The average Bonchev–Trinajstić information content (AvgIpc) is 3.02. The molecule has 0 aliphatic heterocycles. The van der Waals surface area contributed by atoms with Crippen molar-refractivity contribution in [2.45, 2.75) is 32.6 Å². The van der Waals surface area contributed by atoms with Gasteiger partial charge in [0.2, 0.25) is 5.91 Å². The number of nitrogens with one attached hydrogen (secondary N) is 1. The second-order valence-corrected chi connectivity index (χ2v) is 7.69. The van der Waals surface area contributed by atoms with Gasteiger partial charge in [0, 0.05) is 5.92 Å². The van der Waals surface area contributed by atoms with Crippen molar-refractivity contribution in [3.63, 3.8) is 0 Å². The van der Waals surface area contributed by atoms with Crippen LogP contribution < -0.4 is 5.43 Å². The molecule has 0 bridgehead atoms. The largest absolute Gasteiger partial charge is 0.455 e. The second-order valence-electron chi connectivity index (χ2n) is 7.69.